The van der Waals surface area contributed by atoms with Crippen LogP contribution in [0.1, 0.15) is 30.5 Å². The molecule has 0 spiro atoms. The third kappa shape index (κ3) is 4.46. The molecule has 0 amide bonds. The zero-order chi connectivity index (χ0) is 15.8. The van der Waals surface area contributed by atoms with Gasteiger partial charge in [0.05, 0.1) is 11.1 Å². The molecule has 0 aliphatic carbocycles. The molecule has 0 radical (unpaired) electrons. The van der Waals surface area contributed by atoms with Gasteiger partial charge in [-0.1, -0.05) is 11.8 Å². The topological polar surface area (TPSA) is 20.2 Å². The normalized spacial score (nSPS) is 12.8. The highest BCUT2D eigenvalue weighted by Gasteiger charge is 2.37. The van der Waals surface area contributed by atoms with E-state index >= 15 is 0 Å². The highest BCUT2D eigenvalue weighted by Crippen LogP contribution is 2.37. The van der Waals surface area contributed by atoms with Crippen LogP contribution in [0.5, 0.6) is 0 Å². The van der Waals surface area contributed by atoms with E-state index in [0.29, 0.717) is 12.1 Å². The monoisotopic (exact) mass is 296 g/mol. The second-order valence-electron chi connectivity index (χ2n) is 4.56. The number of aliphatic hydroxyl groups is 1. The second-order valence-corrected chi connectivity index (χ2v) is 4.56. The summed E-state index contributed by atoms with van der Waals surface area (Å²) in [4.78, 5) is 0. The van der Waals surface area contributed by atoms with Gasteiger partial charge < -0.3 is 5.11 Å². The first-order chi connectivity index (χ1) is 8.81. The van der Waals surface area contributed by atoms with Crippen LogP contribution in [0.15, 0.2) is 18.2 Å². The van der Waals surface area contributed by atoms with Gasteiger partial charge in [-0.2, -0.15) is 26.3 Å². The Balaban J connectivity index is 3.43. The van der Waals surface area contributed by atoms with Crippen LogP contribution >= 0.6 is 0 Å². The average molecular weight is 296 g/mol. The second kappa shape index (κ2) is 5.02. The molecular weight excluding hydrogens is 286 g/mol. The summed E-state index contributed by atoms with van der Waals surface area (Å²) in [6, 6.07) is 1.17. The fraction of sp³-hybridized carbons (Fsp3) is 0.385. The minimum Gasteiger partial charge on any atom is -0.378 e. The Labute approximate surface area is 111 Å². The van der Waals surface area contributed by atoms with Crippen LogP contribution in [0.2, 0.25) is 0 Å². The fourth-order valence-electron chi connectivity index (χ4n) is 1.28. The van der Waals surface area contributed by atoms with Gasteiger partial charge in [0.25, 0.3) is 0 Å². The molecule has 1 N–H and O–H groups in total. The van der Waals surface area contributed by atoms with Crippen molar-refractivity contribution >= 4 is 0 Å². The molecule has 1 nitrogen and oxygen atoms in total. The maximum Gasteiger partial charge on any atom is 0.417 e. The number of benzene rings is 1. The first-order valence-corrected chi connectivity index (χ1v) is 5.35. The van der Waals surface area contributed by atoms with Gasteiger partial charge in [0.2, 0.25) is 0 Å². The van der Waals surface area contributed by atoms with E-state index in [2.05, 4.69) is 11.8 Å². The van der Waals surface area contributed by atoms with E-state index in [9.17, 15) is 31.4 Å². The molecule has 0 aliphatic rings. The molecule has 0 aliphatic heterocycles. The lowest BCUT2D eigenvalue weighted by molar-refractivity contribution is -0.143. The summed E-state index contributed by atoms with van der Waals surface area (Å²) in [5.41, 5.74) is -5.05. The van der Waals surface area contributed by atoms with Crippen LogP contribution in [0.3, 0.4) is 0 Å². The van der Waals surface area contributed by atoms with Crippen molar-refractivity contribution in [1.82, 2.24) is 0 Å². The molecule has 0 atom stereocenters. The lowest BCUT2D eigenvalue weighted by Crippen LogP contribution is -2.15. The van der Waals surface area contributed by atoms with Crippen molar-refractivity contribution in [3.63, 3.8) is 0 Å². The van der Waals surface area contributed by atoms with E-state index in [4.69, 9.17) is 0 Å². The fourth-order valence-corrected chi connectivity index (χ4v) is 1.28. The molecule has 0 saturated heterocycles. The summed E-state index contributed by atoms with van der Waals surface area (Å²) >= 11 is 0. The molecule has 0 unspecified atom stereocenters. The Morgan fingerprint density at radius 3 is 1.90 bits per heavy atom. The van der Waals surface area contributed by atoms with Crippen molar-refractivity contribution in [1.29, 1.82) is 0 Å². The summed E-state index contributed by atoms with van der Waals surface area (Å²) in [5.74, 6) is 4.18. The Morgan fingerprint density at radius 2 is 1.50 bits per heavy atom. The summed E-state index contributed by atoms with van der Waals surface area (Å²) < 4.78 is 75.5. The zero-order valence-corrected chi connectivity index (χ0v) is 10.4. The SMILES string of the molecule is CC(C)(O)C#Cc1ccc(C(F)(F)F)cc1C(F)(F)F. The van der Waals surface area contributed by atoms with Crippen LogP contribution in [0, 0.1) is 11.8 Å². The molecule has 0 aromatic heterocycles. The van der Waals surface area contributed by atoms with Crippen molar-refractivity contribution in [2.45, 2.75) is 31.8 Å². The largest absolute Gasteiger partial charge is 0.417 e. The smallest absolute Gasteiger partial charge is 0.378 e. The van der Waals surface area contributed by atoms with Crippen molar-refractivity contribution in [3.8, 4) is 11.8 Å². The van der Waals surface area contributed by atoms with Crippen LogP contribution in [-0.4, -0.2) is 10.7 Å². The Kier molecular flexibility index (Phi) is 4.11. The highest BCUT2D eigenvalue weighted by molar-refractivity contribution is 5.46. The van der Waals surface area contributed by atoms with Crippen LogP contribution in [0.25, 0.3) is 0 Å². The molecule has 0 saturated carbocycles. The van der Waals surface area contributed by atoms with Gasteiger partial charge in [0.15, 0.2) is 0 Å². The molecular formula is C13H10F6O. The maximum atomic E-state index is 12.7. The standard InChI is InChI=1S/C13H10F6O/c1-11(2,20)6-5-8-3-4-9(12(14,15)16)7-10(8)13(17,18)19/h3-4,7,20H,1-2H3. The lowest BCUT2D eigenvalue weighted by atomic mass is 10.0. The van der Waals surface area contributed by atoms with E-state index in [1.807, 2.05) is 0 Å². The van der Waals surface area contributed by atoms with Crippen LogP contribution in [-0.2, 0) is 12.4 Å². The van der Waals surface area contributed by atoms with Crippen molar-refractivity contribution < 1.29 is 31.4 Å². The van der Waals surface area contributed by atoms with E-state index in [0.717, 1.165) is 0 Å². The lowest BCUT2D eigenvalue weighted by Gasteiger charge is -2.13. The number of rotatable bonds is 0. The van der Waals surface area contributed by atoms with Crippen molar-refractivity contribution in [3.05, 3.63) is 34.9 Å². The Morgan fingerprint density at radius 1 is 0.950 bits per heavy atom. The Bertz CT molecular complexity index is 551. The first-order valence-electron chi connectivity index (χ1n) is 5.35. The third-order valence-electron chi connectivity index (χ3n) is 2.16. The quantitative estimate of drug-likeness (QED) is 0.569. The number of alkyl halides is 6. The molecule has 110 valence electrons. The number of hydrogen-bond donors (Lipinski definition) is 1. The van der Waals surface area contributed by atoms with Gasteiger partial charge >= 0.3 is 12.4 Å². The average Bonchev–Trinajstić information content (AvgIpc) is 2.22. The molecule has 20 heavy (non-hydrogen) atoms. The minimum atomic E-state index is -4.97. The van der Waals surface area contributed by atoms with E-state index < -0.39 is 34.6 Å². The van der Waals surface area contributed by atoms with Crippen molar-refractivity contribution in [2.24, 2.45) is 0 Å². The molecule has 1 rings (SSSR count). The van der Waals surface area contributed by atoms with E-state index in [1.165, 1.54) is 13.8 Å². The molecule has 0 heterocycles. The molecule has 1 aromatic rings. The molecule has 1 aromatic carbocycles. The summed E-state index contributed by atoms with van der Waals surface area (Å²) in [7, 11) is 0. The van der Waals surface area contributed by atoms with Gasteiger partial charge in [-0.3, -0.25) is 0 Å². The summed E-state index contributed by atoms with van der Waals surface area (Å²) in [6.45, 7) is 2.49. The highest BCUT2D eigenvalue weighted by atomic mass is 19.4. The first kappa shape index (κ1) is 16.4. The zero-order valence-electron chi connectivity index (χ0n) is 10.4. The van der Waals surface area contributed by atoms with Gasteiger partial charge in [-0.05, 0) is 32.0 Å². The molecule has 7 heteroatoms. The van der Waals surface area contributed by atoms with Gasteiger partial charge in [0.1, 0.15) is 5.60 Å². The predicted octanol–water partition coefficient (Wildman–Crippen LogP) is 3.85. The van der Waals surface area contributed by atoms with Gasteiger partial charge in [-0.25, -0.2) is 0 Å². The van der Waals surface area contributed by atoms with E-state index in [1.54, 1.807) is 0 Å². The maximum absolute atomic E-state index is 12.7. The van der Waals surface area contributed by atoms with Gasteiger partial charge in [-0.15, -0.1) is 0 Å². The molecule has 0 bridgehead atoms. The summed E-state index contributed by atoms with van der Waals surface area (Å²) in [6.07, 6.45) is -9.84. The molecule has 0 fully saturated rings. The van der Waals surface area contributed by atoms with Crippen LogP contribution in [0.4, 0.5) is 26.3 Å². The Hall–Kier alpha value is -1.68. The number of hydrogen-bond acceptors (Lipinski definition) is 1. The third-order valence-corrected chi connectivity index (χ3v) is 2.16. The number of halogens is 6. The predicted molar refractivity (Wildman–Crippen MR) is 59.6 cm³/mol. The van der Waals surface area contributed by atoms with Gasteiger partial charge in [0, 0.05) is 5.56 Å². The van der Waals surface area contributed by atoms with Crippen molar-refractivity contribution in [2.75, 3.05) is 0 Å². The van der Waals surface area contributed by atoms with E-state index in [-0.39, 0.29) is 6.07 Å². The van der Waals surface area contributed by atoms with Crippen LogP contribution < -0.4 is 0 Å². The summed E-state index contributed by atoms with van der Waals surface area (Å²) in [5, 5.41) is 9.32. The minimum absolute atomic E-state index is 0.00832.